The lowest BCUT2D eigenvalue weighted by atomic mass is 10.2. The van der Waals surface area contributed by atoms with Crippen LogP contribution in [-0.2, 0) is 14.8 Å². The Labute approximate surface area is 190 Å². The van der Waals surface area contributed by atoms with Crippen molar-refractivity contribution in [3.8, 4) is 17.7 Å². The summed E-state index contributed by atoms with van der Waals surface area (Å²) < 4.78 is 42.8. The standard InChI is InChI=1S/C22H20N4O6S/c1-15-13-17(31-22-16(14-23)3-2-8-24-22)4-5-18(15)25-21(27)19-6-7-20(32-19)33(28,29)26-9-11-30-12-10-26/h2-8,13H,9-12H2,1H3,(H,25,27). The van der Waals surface area contributed by atoms with Gasteiger partial charge in [-0.05, 0) is 55.0 Å². The van der Waals surface area contributed by atoms with Gasteiger partial charge >= 0.3 is 0 Å². The Kier molecular flexibility index (Phi) is 6.41. The Morgan fingerprint density at radius 1 is 1.21 bits per heavy atom. The zero-order valence-corrected chi connectivity index (χ0v) is 18.5. The topological polar surface area (TPSA) is 135 Å². The van der Waals surface area contributed by atoms with E-state index in [-0.39, 0.29) is 29.8 Å². The Balaban J connectivity index is 1.46. The van der Waals surface area contributed by atoms with E-state index in [0.29, 0.717) is 35.8 Å². The number of hydrogen-bond acceptors (Lipinski definition) is 8. The fourth-order valence-corrected chi connectivity index (χ4v) is 4.51. The van der Waals surface area contributed by atoms with Crippen molar-refractivity contribution in [1.29, 1.82) is 5.26 Å². The number of amides is 1. The lowest BCUT2D eigenvalue weighted by Gasteiger charge is -2.24. The normalized spacial score (nSPS) is 14.4. The fraction of sp³-hybridized carbons (Fsp3) is 0.227. The van der Waals surface area contributed by atoms with Crippen LogP contribution >= 0.6 is 0 Å². The van der Waals surface area contributed by atoms with Crippen LogP contribution in [0.1, 0.15) is 21.7 Å². The van der Waals surface area contributed by atoms with E-state index < -0.39 is 15.9 Å². The van der Waals surface area contributed by atoms with Crippen LogP contribution in [0.25, 0.3) is 0 Å². The van der Waals surface area contributed by atoms with E-state index in [1.54, 1.807) is 37.3 Å². The van der Waals surface area contributed by atoms with Gasteiger partial charge in [-0.1, -0.05) is 0 Å². The summed E-state index contributed by atoms with van der Waals surface area (Å²) in [6.07, 6.45) is 1.52. The van der Waals surface area contributed by atoms with Gasteiger partial charge < -0.3 is 19.2 Å². The van der Waals surface area contributed by atoms with Gasteiger partial charge in [0.2, 0.25) is 11.0 Å². The molecule has 0 atom stereocenters. The van der Waals surface area contributed by atoms with Crippen LogP contribution in [0.2, 0.25) is 0 Å². The summed E-state index contributed by atoms with van der Waals surface area (Å²) in [4.78, 5) is 16.7. The molecule has 170 valence electrons. The van der Waals surface area contributed by atoms with Crippen LogP contribution in [0.15, 0.2) is 58.2 Å². The van der Waals surface area contributed by atoms with Crippen LogP contribution in [0.3, 0.4) is 0 Å². The zero-order chi connectivity index (χ0) is 23.4. The number of pyridine rings is 1. The molecule has 1 amide bonds. The number of aryl methyl sites for hydroxylation is 1. The first-order chi connectivity index (χ1) is 15.9. The highest BCUT2D eigenvalue weighted by Crippen LogP contribution is 2.27. The number of hydrogen-bond donors (Lipinski definition) is 1. The SMILES string of the molecule is Cc1cc(Oc2ncccc2C#N)ccc1NC(=O)c1ccc(S(=O)(=O)N2CCOCC2)o1. The van der Waals surface area contributed by atoms with Crippen LogP contribution in [0.4, 0.5) is 5.69 Å². The average Bonchev–Trinajstić information content (AvgIpc) is 3.33. The molecule has 0 spiro atoms. The number of benzene rings is 1. The molecule has 0 saturated carbocycles. The number of sulfonamides is 1. The summed E-state index contributed by atoms with van der Waals surface area (Å²) in [5.74, 6) is -0.0984. The number of nitrogens with one attached hydrogen (secondary N) is 1. The highest BCUT2D eigenvalue weighted by Gasteiger charge is 2.30. The Bertz CT molecular complexity index is 1320. The number of furan rings is 1. The summed E-state index contributed by atoms with van der Waals surface area (Å²) in [6, 6.07) is 12.8. The third kappa shape index (κ3) is 4.88. The van der Waals surface area contributed by atoms with Gasteiger partial charge in [0.05, 0.1) is 13.2 Å². The third-order valence-corrected chi connectivity index (χ3v) is 6.69. The van der Waals surface area contributed by atoms with Crippen LogP contribution in [-0.4, -0.2) is 49.9 Å². The van der Waals surface area contributed by atoms with E-state index in [1.807, 2.05) is 6.07 Å². The molecule has 0 unspecified atom stereocenters. The molecular formula is C22H20N4O6S. The molecule has 3 aromatic rings. The summed E-state index contributed by atoms with van der Waals surface area (Å²) in [5, 5.41) is 11.6. The Morgan fingerprint density at radius 2 is 2.00 bits per heavy atom. The van der Waals surface area contributed by atoms with Crippen molar-refractivity contribution in [2.45, 2.75) is 12.0 Å². The molecule has 2 aromatic heterocycles. The molecule has 1 saturated heterocycles. The predicted molar refractivity (Wildman–Crippen MR) is 116 cm³/mol. The predicted octanol–water partition coefficient (Wildman–Crippen LogP) is 2.92. The van der Waals surface area contributed by atoms with Gasteiger partial charge in [0.1, 0.15) is 17.4 Å². The number of anilines is 1. The van der Waals surface area contributed by atoms with Crippen molar-refractivity contribution in [3.63, 3.8) is 0 Å². The molecule has 1 aliphatic rings. The van der Waals surface area contributed by atoms with E-state index in [2.05, 4.69) is 10.3 Å². The number of carbonyl (C=O) groups is 1. The van der Waals surface area contributed by atoms with Gasteiger partial charge in [-0.25, -0.2) is 13.4 Å². The minimum absolute atomic E-state index is 0.131. The van der Waals surface area contributed by atoms with Gasteiger partial charge in [0.25, 0.3) is 15.9 Å². The molecule has 0 radical (unpaired) electrons. The van der Waals surface area contributed by atoms with Gasteiger partial charge in [0.15, 0.2) is 5.76 Å². The van der Waals surface area contributed by atoms with Crippen molar-refractivity contribution in [1.82, 2.24) is 9.29 Å². The second-order valence-corrected chi connectivity index (χ2v) is 9.00. The van der Waals surface area contributed by atoms with E-state index in [9.17, 15) is 13.2 Å². The molecule has 0 aliphatic carbocycles. The summed E-state index contributed by atoms with van der Waals surface area (Å²) >= 11 is 0. The monoisotopic (exact) mass is 468 g/mol. The number of carbonyl (C=O) groups excluding carboxylic acids is 1. The number of ether oxygens (including phenoxy) is 2. The summed E-state index contributed by atoms with van der Waals surface area (Å²) in [6.45, 7) is 2.84. The minimum atomic E-state index is -3.84. The Morgan fingerprint density at radius 3 is 2.73 bits per heavy atom. The van der Waals surface area contributed by atoms with E-state index in [4.69, 9.17) is 19.2 Å². The second kappa shape index (κ2) is 9.41. The molecule has 33 heavy (non-hydrogen) atoms. The van der Waals surface area contributed by atoms with Gasteiger partial charge in [0, 0.05) is 25.0 Å². The highest BCUT2D eigenvalue weighted by molar-refractivity contribution is 7.89. The molecule has 4 rings (SSSR count). The minimum Gasteiger partial charge on any atom is -0.438 e. The maximum Gasteiger partial charge on any atom is 0.291 e. The van der Waals surface area contributed by atoms with Gasteiger partial charge in [-0.3, -0.25) is 4.79 Å². The van der Waals surface area contributed by atoms with Crippen molar-refractivity contribution >= 4 is 21.6 Å². The van der Waals surface area contributed by atoms with E-state index in [0.717, 1.165) is 0 Å². The van der Waals surface area contributed by atoms with Gasteiger partial charge in [-0.2, -0.15) is 9.57 Å². The van der Waals surface area contributed by atoms with E-state index >= 15 is 0 Å². The third-order valence-electron chi connectivity index (χ3n) is 4.92. The smallest absolute Gasteiger partial charge is 0.291 e. The molecule has 0 bridgehead atoms. The molecule has 3 heterocycles. The largest absolute Gasteiger partial charge is 0.438 e. The summed E-state index contributed by atoms with van der Waals surface area (Å²) in [5.41, 5.74) is 1.47. The highest BCUT2D eigenvalue weighted by atomic mass is 32.2. The second-order valence-electron chi connectivity index (χ2n) is 7.14. The van der Waals surface area contributed by atoms with Crippen LogP contribution in [0.5, 0.6) is 11.6 Å². The zero-order valence-electron chi connectivity index (χ0n) is 17.6. The average molecular weight is 468 g/mol. The fourth-order valence-electron chi connectivity index (χ4n) is 3.19. The van der Waals surface area contributed by atoms with E-state index in [1.165, 1.54) is 22.6 Å². The lowest BCUT2D eigenvalue weighted by molar-refractivity contribution is 0.0723. The first-order valence-electron chi connectivity index (χ1n) is 10.0. The van der Waals surface area contributed by atoms with Crippen molar-refractivity contribution < 1.29 is 27.1 Å². The van der Waals surface area contributed by atoms with Crippen molar-refractivity contribution in [3.05, 3.63) is 65.5 Å². The molecule has 1 aromatic carbocycles. The van der Waals surface area contributed by atoms with Crippen LogP contribution < -0.4 is 10.1 Å². The number of nitriles is 1. The molecule has 1 fully saturated rings. The van der Waals surface area contributed by atoms with Gasteiger partial charge in [-0.15, -0.1) is 0 Å². The van der Waals surface area contributed by atoms with Crippen LogP contribution in [0, 0.1) is 18.3 Å². The molecule has 1 N–H and O–H groups in total. The first kappa shape index (κ1) is 22.5. The molecule has 11 heteroatoms. The summed E-state index contributed by atoms with van der Waals surface area (Å²) in [7, 11) is -3.84. The maximum absolute atomic E-state index is 12.7. The number of aromatic nitrogens is 1. The van der Waals surface area contributed by atoms with Crippen molar-refractivity contribution in [2.24, 2.45) is 0 Å². The number of morpholine rings is 1. The quantitative estimate of drug-likeness (QED) is 0.583. The van der Waals surface area contributed by atoms with Crippen molar-refractivity contribution in [2.75, 3.05) is 31.6 Å². The molecular weight excluding hydrogens is 448 g/mol. The maximum atomic E-state index is 12.7. The molecule has 1 aliphatic heterocycles. The first-order valence-corrected chi connectivity index (χ1v) is 11.4. The Hall–Kier alpha value is -3.72. The number of rotatable bonds is 6. The lowest BCUT2D eigenvalue weighted by Crippen LogP contribution is -2.40. The molecule has 10 nitrogen and oxygen atoms in total. The number of nitrogens with zero attached hydrogens (tertiary/aromatic N) is 3.